The van der Waals surface area contributed by atoms with E-state index in [4.69, 9.17) is 5.11 Å². The lowest BCUT2D eigenvalue weighted by Gasteiger charge is -2.41. The molecule has 2 saturated heterocycles. The summed E-state index contributed by atoms with van der Waals surface area (Å²) in [4.78, 5) is 25.4. The Morgan fingerprint density at radius 3 is 2.33 bits per heavy atom. The summed E-state index contributed by atoms with van der Waals surface area (Å²) in [5, 5.41) is 12.1. The van der Waals surface area contributed by atoms with Crippen LogP contribution in [0.2, 0.25) is 0 Å². The van der Waals surface area contributed by atoms with Gasteiger partial charge < -0.3 is 15.3 Å². The molecule has 2 atom stereocenters. The molecule has 5 nitrogen and oxygen atoms in total. The van der Waals surface area contributed by atoms with Crippen LogP contribution in [0.5, 0.6) is 0 Å². The third-order valence-corrected chi connectivity index (χ3v) is 5.76. The average molecular weight is 294 g/mol. The molecule has 1 aliphatic carbocycles. The number of fused-ring (bicyclic) bond motifs is 2. The number of amides is 2. The van der Waals surface area contributed by atoms with Crippen molar-refractivity contribution in [2.24, 2.45) is 11.3 Å². The second-order valence-corrected chi connectivity index (χ2v) is 7.55. The van der Waals surface area contributed by atoms with Crippen LogP contribution >= 0.6 is 0 Å². The van der Waals surface area contributed by atoms with Crippen LogP contribution in [0.4, 0.5) is 4.79 Å². The smallest absolute Gasteiger partial charge is 0.317 e. The third kappa shape index (κ3) is 3.01. The molecule has 3 fully saturated rings. The molecule has 0 spiro atoms. The van der Waals surface area contributed by atoms with Gasteiger partial charge in [-0.3, -0.25) is 4.79 Å². The van der Waals surface area contributed by atoms with E-state index in [2.05, 4.69) is 12.2 Å². The third-order valence-electron chi connectivity index (χ3n) is 5.76. The molecule has 2 bridgehead atoms. The molecule has 0 aromatic heterocycles. The van der Waals surface area contributed by atoms with Crippen molar-refractivity contribution < 1.29 is 14.7 Å². The van der Waals surface area contributed by atoms with Crippen LogP contribution in [0.3, 0.4) is 0 Å². The minimum atomic E-state index is -0.713. The number of hydrogen-bond acceptors (Lipinski definition) is 2. The molecule has 3 rings (SSSR count). The van der Waals surface area contributed by atoms with Gasteiger partial charge in [-0.25, -0.2) is 4.79 Å². The van der Waals surface area contributed by atoms with Gasteiger partial charge in [-0.05, 0) is 49.9 Å². The number of carboxylic acid groups (broad SMARTS) is 1. The van der Waals surface area contributed by atoms with E-state index in [9.17, 15) is 9.59 Å². The first-order chi connectivity index (χ1) is 9.97. The number of nitrogens with one attached hydrogen (secondary N) is 1. The molecular weight excluding hydrogens is 268 g/mol. The SMILES string of the molecule is CC1(CNC(=O)N2C3CCC2CC(CC(=O)O)C3)CCC1. The summed E-state index contributed by atoms with van der Waals surface area (Å²) in [6, 6.07) is 0.578. The van der Waals surface area contributed by atoms with Gasteiger partial charge in [0.2, 0.25) is 0 Å². The van der Waals surface area contributed by atoms with Gasteiger partial charge in [0.25, 0.3) is 0 Å². The number of rotatable bonds is 4. The van der Waals surface area contributed by atoms with Gasteiger partial charge in [0.1, 0.15) is 0 Å². The van der Waals surface area contributed by atoms with Gasteiger partial charge in [0.15, 0.2) is 0 Å². The summed E-state index contributed by atoms with van der Waals surface area (Å²) in [5.41, 5.74) is 0.302. The van der Waals surface area contributed by atoms with E-state index in [0.717, 1.165) is 32.2 Å². The predicted octanol–water partition coefficient (Wildman–Crippen LogP) is 2.60. The summed E-state index contributed by atoms with van der Waals surface area (Å²) < 4.78 is 0. The molecule has 1 saturated carbocycles. The number of urea groups is 1. The lowest BCUT2D eigenvalue weighted by atomic mass is 9.70. The highest BCUT2D eigenvalue weighted by Crippen LogP contribution is 2.41. The number of piperidine rings is 1. The monoisotopic (exact) mass is 294 g/mol. The molecule has 2 amide bonds. The molecule has 2 heterocycles. The molecule has 5 heteroatoms. The fourth-order valence-corrected chi connectivity index (χ4v) is 4.37. The zero-order chi connectivity index (χ0) is 15.0. The van der Waals surface area contributed by atoms with Crippen molar-refractivity contribution in [3.8, 4) is 0 Å². The number of hydrogen-bond donors (Lipinski definition) is 2. The molecule has 2 unspecified atom stereocenters. The first kappa shape index (κ1) is 14.7. The van der Waals surface area contributed by atoms with Crippen molar-refractivity contribution in [2.75, 3.05) is 6.54 Å². The van der Waals surface area contributed by atoms with Crippen molar-refractivity contribution in [1.29, 1.82) is 0 Å². The van der Waals surface area contributed by atoms with Crippen molar-refractivity contribution >= 4 is 12.0 Å². The summed E-state index contributed by atoms with van der Waals surface area (Å²) in [7, 11) is 0. The maximum absolute atomic E-state index is 12.5. The van der Waals surface area contributed by atoms with Crippen LogP contribution in [0.25, 0.3) is 0 Å². The molecule has 118 valence electrons. The molecule has 3 aliphatic rings. The zero-order valence-electron chi connectivity index (χ0n) is 12.8. The maximum Gasteiger partial charge on any atom is 0.317 e. The predicted molar refractivity (Wildman–Crippen MR) is 79.0 cm³/mol. The maximum atomic E-state index is 12.5. The quantitative estimate of drug-likeness (QED) is 0.837. The first-order valence-corrected chi connectivity index (χ1v) is 8.25. The lowest BCUT2D eigenvalue weighted by Crippen LogP contribution is -2.53. The van der Waals surface area contributed by atoms with Gasteiger partial charge >= 0.3 is 12.0 Å². The van der Waals surface area contributed by atoms with Crippen molar-refractivity contribution in [2.45, 2.75) is 70.4 Å². The fraction of sp³-hybridized carbons (Fsp3) is 0.875. The highest BCUT2D eigenvalue weighted by molar-refractivity contribution is 5.75. The van der Waals surface area contributed by atoms with Crippen molar-refractivity contribution in [3.05, 3.63) is 0 Å². The number of aliphatic carboxylic acids is 1. The standard InChI is InChI=1S/C16H26N2O3/c1-16(5-2-6-16)10-17-15(21)18-12-3-4-13(18)8-11(7-12)9-14(19)20/h11-13H,2-10H2,1H3,(H,17,21)(H,19,20). The molecule has 0 aromatic rings. The minimum Gasteiger partial charge on any atom is -0.481 e. The van der Waals surface area contributed by atoms with Gasteiger partial charge in [-0.2, -0.15) is 0 Å². The van der Waals surface area contributed by atoms with E-state index >= 15 is 0 Å². The van der Waals surface area contributed by atoms with Gasteiger partial charge in [0.05, 0.1) is 0 Å². The van der Waals surface area contributed by atoms with Crippen LogP contribution in [0.15, 0.2) is 0 Å². The summed E-state index contributed by atoms with van der Waals surface area (Å²) in [5.74, 6) is -0.469. The summed E-state index contributed by atoms with van der Waals surface area (Å²) in [6.07, 6.45) is 7.72. The van der Waals surface area contributed by atoms with E-state index in [-0.39, 0.29) is 30.5 Å². The Morgan fingerprint density at radius 2 is 1.86 bits per heavy atom. The highest BCUT2D eigenvalue weighted by atomic mass is 16.4. The normalized spacial score (nSPS) is 33.4. The second-order valence-electron chi connectivity index (χ2n) is 7.55. The van der Waals surface area contributed by atoms with Gasteiger partial charge in [-0.1, -0.05) is 13.3 Å². The van der Waals surface area contributed by atoms with Crippen LogP contribution < -0.4 is 5.32 Å². The molecule has 0 radical (unpaired) electrons. The Hall–Kier alpha value is -1.26. The Balaban J connectivity index is 1.54. The van der Waals surface area contributed by atoms with Crippen LogP contribution in [-0.2, 0) is 4.79 Å². The zero-order valence-corrected chi connectivity index (χ0v) is 12.8. The average Bonchev–Trinajstić information content (AvgIpc) is 2.65. The summed E-state index contributed by atoms with van der Waals surface area (Å²) in [6.45, 7) is 3.02. The van der Waals surface area contributed by atoms with E-state index in [1.165, 1.54) is 19.3 Å². The molecule has 0 aromatic carbocycles. The van der Waals surface area contributed by atoms with Crippen molar-refractivity contribution in [1.82, 2.24) is 10.2 Å². The topological polar surface area (TPSA) is 69.6 Å². The minimum absolute atomic E-state index is 0.0735. The lowest BCUT2D eigenvalue weighted by molar-refractivity contribution is -0.138. The van der Waals surface area contributed by atoms with E-state index in [1.54, 1.807) is 0 Å². The number of carbonyl (C=O) groups excluding carboxylic acids is 1. The van der Waals surface area contributed by atoms with E-state index in [1.807, 2.05) is 4.90 Å². The van der Waals surface area contributed by atoms with Crippen LogP contribution in [0, 0.1) is 11.3 Å². The molecule has 2 N–H and O–H groups in total. The van der Waals surface area contributed by atoms with Crippen LogP contribution in [-0.4, -0.2) is 40.6 Å². The molecule has 21 heavy (non-hydrogen) atoms. The molecule has 2 aliphatic heterocycles. The van der Waals surface area contributed by atoms with Gasteiger partial charge in [-0.15, -0.1) is 0 Å². The van der Waals surface area contributed by atoms with E-state index in [0.29, 0.717) is 5.41 Å². The number of carbonyl (C=O) groups is 2. The Bertz CT molecular complexity index is 419. The van der Waals surface area contributed by atoms with Crippen molar-refractivity contribution in [3.63, 3.8) is 0 Å². The Kier molecular flexibility index (Phi) is 3.84. The largest absolute Gasteiger partial charge is 0.481 e. The van der Waals surface area contributed by atoms with E-state index < -0.39 is 5.97 Å². The Labute approximate surface area is 126 Å². The van der Waals surface area contributed by atoms with Crippen LogP contribution in [0.1, 0.15) is 58.3 Å². The Morgan fingerprint density at radius 1 is 1.24 bits per heavy atom. The molecular formula is C16H26N2O3. The number of nitrogens with zero attached hydrogens (tertiary/aromatic N) is 1. The fourth-order valence-electron chi connectivity index (χ4n) is 4.37. The summed E-state index contributed by atoms with van der Waals surface area (Å²) >= 11 is 0. The highest BCUT2D eigenvalue weighted by Gasteiger charge is 2.44. The number of carboxylic acids is 1. The second kappa shape index (κ2) is 5.50. The first-order valence-electron chi connectivity index (χ1n) is 8.25. The van der Waals surface area contributed by atoms with Gasteiger partial charge in [0, 0.05) is 25.0 Å².